The molecule has 0 saturated carbocycles. The number of nitrogens with two attached hydrogens (primary N) is 1. The van der Waals surface area contributed by atoms with Crippen molar-refractivity contribution in [1.82, 2.24) is 9.97 Å². The van der Waals surface area contributed by atoms with Crippen molar-refractivity contribution in [3.63, 3.8) is 0 Å². The third-order valence-electron chi connectivity index (χ3n) is 3.19. The summed E-state index contributed by atoms with van der Waals surface area (Å²) in [6, 6.07) is 12.8. The number of halogens is 1. The summed E-state index contributed by atoms with van der Waals surface area (Å²) in [5, 5.41) is 8.18. The van der Waals surface area contributed by atoms with E-state index in [-0.39, 0.29) is 17.3 Å². The van der Waals surface area contributed by atoms with Crippen LogP contribution in [0.25, 0.3) is 0 Å². The van der Waals surface area contributed by atoms with E-state index in [2.05, 4.69) is 9.97 Å². The first-order valence-electron chi connectivity index (χ1n) is 6.82. The highest BCUT2D eigenvalue weighted by Gasteiger charge is 2.10. The minimum atomic E-state index is -0.361. The summed E-state index contributed by atoms with van der Waals surface area (Å²) >= 11 is 0. The number of anilines is 1. The Morgan fingerprint density at radius 2 is 1.87 bits per heavy atom. The number of nitrogen functional groups attached to an aromatic ring is 1. The lowest BCUT2D eigenvalue weighted by molar-refractivity contribution is 0.477. The van der Waals surface area contributed by atoms with E-state index >= 15 is 0 Å². The summed E-state index contributed by atoms with van der Waals surface area (Å²) < 4.78 is 18.7. The van der Waals surface area contributed by atoms with Crippen LogP contribution in [-0.2, 0) is 0 Å². The second-order valence-electron chi connectivity index (χ2n) is 4.78. The van der Waals surface area contributed by atoms with Gasteiger partial charge in [0.05, 0.1) is 11.3 Å². The molecule has 0 radical (unpaired) electrons. The van der Waals surface area contributed by atoms with Crippen LogP contribution in [0.1, 0.15) is 11.1 Å². The van der Waals surface area contributed by atoms with Gasteiger partial charge in [0.15, 0.2) is 0 Å². The first kappa shape index (κ1) is 14.6. The van der Waals surface area contributed by atoms with E-state index in [0.717, 1.165) is 0 Å². The maximum absolute atomic E-state index is 13.1. The molecule has 3 aromatic rings. The van der Waals surface area contributed by atoms with Crippen molar-refractivity contribution in [2.75, 3.05) is 5.73 Å². The predicted octanol–water partition coefficient (Wildman–Crippen LogP) is 3.41. The first-order chi connectivity index (χ1) is 11.1. The quantitative estimate of drug-likeness (QED) is 0.723. The van der Waals surface area contributed by atoms with Crippen LogP contribution in [-0.4, -0.2) is 15.7 Å². The number of ether oxygens (including phenoxy) is 1. The molecule has 6 heteroatoms. The Kier molecular flexibility index (Phi) is 3.97. The molecule has 0 saturated heterocycles. The summed E-state index contributed by atoms with van der Waals surface area (Å²) in [6.45, 7) is 0. The first-order valence-corrected chi connectivity index (χ1v) is 6.82. The Hall–Kier alpha value is -3.28. The molecule has 3 N–H and O–H groups in total. The third-order valence-corrected chi connectivity index (χ3v) is 3.19. The molecule has 0 bridgehead atoms. The van der Waals surface area contributed by atoms with Crippen LogP contribution in [0, 0.1) is 11.2 Å². The fourth-order valence-electron chi connectivity index (χ4n) is 2.04. The second-order valence-corrected chi connectivity index (χ2v) is 4.78. The summed E-state index contributed by atoms with van der Waals surface area (Å²) in [7, 11) is 0. The lowest BCUT2D eigenvalue weighted by atomic mass is 10.0. The summed E-state index contributed by atoms with van der Waals surface area (Å²) in [5.41, 5.74) is 7.09. The molecule has 0 aliphatic rings. The van der Waals surface area contributed by atoms with Gasteiger partial charge in [-0.05, 0) is 36.4 Å². The van der Waals surface area contributed by atoms with Crippen molar-refractivity contribution in [2.24, 2.45) is 0 Å². The fourth-order valence-corrected chi connectivity index (χ4v) is 2.04. The lowest BCUT2D eigenvalue weighted by Gasteiger charge is -2.08. The van der Waals surface area contributed by atoms with Crippen LogP contribution in [0.5, 0.6) is 11.5 Å². The zero-order chi connectivity index (χ0) is 16.2. The molecule has 5 nitrogen and oxygen atoms in total. The van der Waals surface area contributed by atoms with Gasteiger partial charge < -0.3 is 10.5 Å². The monoisotopic (exact) mass is 308 g/mol. The van der Waals surface area contributed by atoms with Gasteiger partial charge in [0.2, 0.25) is 0 Å². The Labute approximate surface area is 132 Å². The second kappa shape index (κ2) is 6.23. The fraction of sp³-hybridized carbons (Fsp3) is 0. The van der Waals surface area contributed by atoms with Crippen LogP contribution in [0.4, 0.5) is 10.2 Å². The zero-order valence-electron chi connectivity index (χ0n) is 12.0. The summed E-state index contributed by atoms with van der Waals surface area (Å²) in [6.07, 6.45) is 2.84. The van der Waals surface area contributed by atoms with Gasteiger partial charge in [-0.15, -0.1) is 0 Å². The van der Waals surface area contributed by atoms with Crippen molar-refractivity contribution in [2.45, 2.75) is 0 Å². The van der Waals surface area contributed by atoms with Gasteiger partial charge in [-0.1, -0.05) is 6.07 Å². The van der Waals surface area contributed by atoms with Crippen LogP contribution >= 0.6 is 0 Å². The van der Waals surface area contributed by atoms with Gasteiger partial charge in [-0.3, -0.25) is 5.41 Å². The molecule has 1 heterocycles. The van der Waals surface area contributed by atoms with E-state index in [1.807, 2.05) is 0 Å². The Morgan fingerprint density at radius 1 is 1.09 bits per heavy atom. The Bertz CT molecular complexity index is 849. The standard InChI is InChI=1S/C17H13FN4O/c18-12-2-1-3-14(8-12)23-13-6-4-11(5-7-13)16(19)15-9-21-10-22-17(15)20/h1-10,19H,(H2,20,21,22). The van der Waals surface area contributed by atoms with Gasteiger partial charge in [-0.2, -0.15) is 0 Å². The van der Waals surface area contributed by atoms with E-state index < -0.39 is 0 Å². The molecule has 0 atom stereocenters. The third kappa shape index (κ3) is 3.32. The van der Waals surface area contributed by atoms with E-state index in [9.17, 15) is 4.39 Å². The van der Waals surface area contributed by atoms with Gasteiger partial charge in [0, 0.05) is 17.8 Å². The van der Waals surface area contributed by atoms with E-state index in [0.29, 0.717) is 22.6 Å². The molecule has 2 aromatic carbocycles. The lowest BCUT2D eigenvalue weighted by Crippen LogP contribution is -2.07. The molecule has 0 unspecified atom stereocenters. The number of benzene rings is 2. The largest absolute Gasteiger partial charge is 0.457 e. The molecule has 0 fully saturated rings. The molecule has 1 aromatic heterocycles. The highest BCUT2D eigenvalue weighted by atomic mass is 19.1. The molecular formula is C17H13FN4O. The van der Waals surface area contributed by atoms with Gasteiger partial charge in [0.1, 0.15) is 29.5 Å². The molecule has 0 aliphatic carbocycles. The topological polar surface area (TPSA) is 84.9 Å². The minimum Gasteiger partial charge on any atom is -0.457 e. The van der Waals surface area contributed by atoms with Crippen LogP contribution in [0.3, 0.4) is 0 Å². The summed E-state index contributed by atoms with van der Waals surface area (Å²) in [5.74, 6) is 0.850. The van der Waals surface area contributed by atoms with E-state index in [1.54, 1.807) is 36.4 Å². The van der Waals surface area contributed by atoms with E-state index in [1.165, 1.54) is 24.7 Å². The number of nitrogens with zero attached hydrogens (tertiary/aromatic N) is 2. The number of hydrogen-bond donors (Lipinski definition) is 2. The smallest absolute Gasteiger partial charge is 0.136 e. The van der Waals surface area contributed by atoms with Gasteiger partial charge in [0.25, 0.3) is 0 Å². The van der Waals surface area contributed by atoms with Crippen LogP contribution in [0.2, 0.25) is 0 Å². The number of nitrogens with one attached hydrogen (secondary N) is 1. The zero-order valence-corrected chi connectivity index (χ0v) is 12.0. The van der Waals surface area contributed by atoms with Crippen molar-refractivity contribution in [1.29, 1.82) is 5.41 Å². The molecule has 0 amide bonds. The normalized spacial score (nSPS) is 10.3. The molecule has 0 aliphatic heterocycles. The molecule has 0 spiro atoms. The van der Waals surface area contributed by atoms with Crippen LogP contribution in [0.15, 0.2) is 61.1 Å². The van der Waals surface area contributed by atoms with Crippen molar-refractivity contribution >= 4 is 11.5 Å². The van der Waals surface area contributed by atoms with Crippen molar-refractivity contribution < 1.29 is 9.13 Å². The summed E-state index contributed by atoms with van der Waals surface area (Å²) in [4.78, 5) is 7.75. The van der Waals surface area contributed by atoms with Crippen molar-refractivity contribution in [3.8, 4) is 11.5 Å². The average Bonchev–Trinajstić information content (AvgIpc) is 2.55. The SMILES string of the molecule is N=C(c1ccc(Oc2cccc(F)c2)cc1)c1cncnc1N. The molecule has 3 rings (SSSR count). The number of hydrogen-bond acceptors (Lipinski definition) is 5. The minimum absolute atomic E-state index is 0.223. The van der Waals surface area contributed by atoms with Gasteiger partial charge >= 0.3 is 0 Å². The average molecular weight is 308 g/mol. The molecule has 114 valence electrons. The van der Waals surface area contributed by atoms with Crippen LogP contribution < -0.4 is 10.5 Å². The highest BCUT2D eigenvalue weighted by Crippen LogP contribution is 2.23. The Morgan fingerprint density at radius 3 is 2.57 bits per heavy atom. The van der Waals surface area contributed by atoms with E-state index in [4.69, 9.17) is 15.9 Å². The molecule has 23 heavy (non-hydrogen) atoms. The maximum Gasteiger partial charge on any atom is 0.136 e. The maximum atomic E-state index is 13.1. The Balaban J connectivity index is 1.79. The van der Waals surface area contributed by atoms with Crippen molar-refractivity contribution in [3.05, 3.63) is 78.0 Å². The predicted molar refractivity (Wildman–Crippen MR) is 85.3 cm³/mol. The highest BCUT2D eigenvalue weighted by molar-refractivity contribution is 6.13. The van der Waals surface area contributed by atoms with Gasteiger partial charge in [-0.25, -0.2) is 14.4 Å². The number of aromatic nitrogens is 2. The number of rotatable bonds is 4. The molecular weight excluding hydrogens is 295 g/mol.